The first-order valence-corrected chi connectivity index (χ1v) is 14.8. The lowest BCUT2D eigenvalue weighted by Gasteiger charge is -2.55. The third-order valence-electron chi connectivity index (χ3n) is 9.38. The number of pyridine rings is 1. The van der Waals surface area contributed by atoms with Crippen LogP contribution < -0.4 is 0 Å². The van der Waals surface area contributed by atoms with E-state index in [4.69, 9.17) is 10.1 Å². The molecule has 0 radical (unpaired) electrons. The first-order chi connectivity index (χ1) is 19.1. The number of benzene rings is 1. The van der Waals surface area contributed by atoms with Gasteiger partial charge in [0.05, 0.1) is 6.04 Å². The zero-order valence-corrected chi connectivity index (χ0v) is 24.5. The Morgan fingerprint density at radius 2 is 1.73 bits per heavy atom. The minimum atomic E-state index is -1.21. The van der Waals surface area contributed by atoms with Crippen LogP contribution in [0.15, 0.2) is 42.7 Å². The lowest BCUT2D eigenvalue weighted by Crippen LogP contribution is -2.63. The Morgan fingerprint density at radius 1 is 1.05 bits per heavy atom. The smallest absolute Gasteiger partial charge is 0.219 e. The highest BCUT2D eigenvalue weighted by molar-refractivity contribution is 5.73. The number of hydrogen-bond acceptors (Lipinski definition) is 6. The molecule has 3 aliphatic rings. The van der Waals surface area contributed by atoms with E-state index >= 15 is 0 Å². The molecule has 2 saturated heterocycles. The molecule has 1 aliphatic carbocycles. The molecule has 2 aromatic heterocycles. The summed E-state index contributed by atoms with van der Waals surface area (Å²) in [5.74, 6) is 2.55. The number of rotatable bonds is 7. The molecular weight excluding hydrogens is 500 g/mol. The van der Waals surface area contributed by atoms with E-state index in [-0.39, 0.29) is 17.2 Å². The molecule has 1 N–H and O–H groups in total. The van der Waals surface area contributed by atoms with Gasteiger partial charge in [-0.05, 0) is 55.8 Å². The molecule has 6 rings (SSSR count). The molecule has 1 aromatic carbocycles. The molecule has 40 heavy (non-hydrogen) atoms. The number of piperidine rings is 1. The number of hydrogen-bond donors (Lipinski definition) is 1. The second-order valence-electron chi connectivity index (χ2n) is 12.9. The van der Waals surface area contributed by atoms with E-state index in [1.54, 1.807) is 13.1 Å². The van der Waals surface area contributed by atoms with Gasteiger partial charge in [0.2, 0.25) is 5.91 Å². The van der Waals surface area contributed by atoms with Crippen molar-refractivity contribution in [1.29, 1.82) is 0 Å². The van der Waals surface area contributed by atoms with Gasteiger partial charge >= 0.3 is 0 Å². The zero-order valence-electron chi connectivity index (χ0n) is 24.5. The summed E-state index contributed by atoms with van der Waals surface area (Å²) in [7, 11) is 2.09. The van der Waals surface area contributed by atoms with Crippen LogP contribution in [0.2, 0.25) is 0 Å². The average molecular weight is 543 g/mol. The molecule has 8 heteroatoms. The maximum atomic E-state index is 12.6. The van der Waals surface area contributed by atoms with Gasteiger partial charge in [-0.25, -0.2) is 9.67 Å². The van der Waals surface area contributed by atoms with Crippen molar-refractivity contribution in [2.75, 3.05) is 33.2 Å². The van der Waals surface area contributed by atoms with Crippen LogP contribution in [0.25, 0.3) is 11.4 Å². The Balaban J connectivity index is 1.37. The normalized spacial score (nSPS) is 21.3. The van der Waals surface area contributed by atoms with Crippen LogP contribution >= 0.6 is 0 Å². The summed E-state index contributed by atoms with van der Waals surface area (Å²) in [6.45, 7) is 11.3. The van der Waals surface area contributed by atoms with Gasteiger partial charge in [-0.1, -0.05) is 45.0 Å². The first-order valence-electron chi connectivity index (χ1n) is 14.8. The van der Waals surface area contributed by atoms with Crippen LogP contribution in [-0.2, 0) is 10.4 Å². The van der Waals surface area contributed by atoms with Crippen molar-refractivity contribution in [2.24, 2.45) is 5.41 Å². The lowest BCUT2D eigenvalue weighted by atomic mass is 9.62. The van der Waals surface area contributed by atoms with Crippen molar-refractivity contribution in [1.82, 2.24) is 29.5 Å². The maximum absolute atomic E-state index is 12.6. The standard InChI is InChI=1S/C32H42N6O2/c1-21(2)23-6-8-26(9-7-23)32(40,31(4)19-36(5)20-31)27-16-25(17-33-18-27)29-34-30(38(35-29)28-10-11-28)24-12-14-37(15-13-24)22(3)39/h6-9,16-18,21,24,28,40H,10-15,19-20H2,1-5H3/t32-/m0/s1. The summed E-state index contributed by atoms with van der Waals surface area (Å²) in [6, 6.07) is 10.9. The largest absolute Gasteiger partial charge is 0.380 e. The molecule has 0 bridgehead atoms. The van der Waals surface area contributed by atoms with Crippen LogP contribution in [-0.4, -0.2) is 73.8 Å². The highest BCUT2D eigenvalue weighted by Crippen LogP contribution is 2.50. The number of nitrogens with zero attached hydrogens (tertiary/aromatic N) is 6. The number of carbonyl (C=O) groups is 1. The number of likely N-dealkylation sites (tertiary alicyclic amines) is 2. The van der Waals surface area contributed by atoms with Crippen LogP contribution in [0.5, 0.6) is 0 Å². The maximum Gasteiger partial charge on any atom is 0.219 e. The monoisotopic (exact) mass is 542 g/mol. The molecule has 212 valence electrons. The third-order valence-corrected chi connectivity index (χ3v) is 9.38. The highest BCUT2D eigenvalue weighted by atomic mass is 16.3. The van der Waals surface area contributed by atoms with Gasteiger partial charge in [0.15, 0.2) is 5.82 Å². The van der Waals surface area contributed by atoms with Crippen LogP contribution in [0.1, 0.15) is 93.8 Å². The summed E-state index contributed by atoms with van der Waals surface area (Å²) in [5.41, 5.74) is 2.17. The summed E-state index contributed by atoms with van der Waals surface area (Å²) in [4.78, 5) is 25.7. The van der Waals surface area contributed by atoms with E-state index in [1.807, 2.05) is 17.2 Å². The lowest BCUT2D eigenvalue weighted by molar-refractivity contribution is -0.129. The van der Waals surface area contributed by atoms with Crippen molar-refractivity contribution in [3.8, 4) is 11.4 Å². The Hall–Kier alpha value is -3.10. The topological polar surface area (TPSA) is 87.4 Å². The van der Waals surface area contributed by atoms with E-state index in [0.717, 1.165) is 74.4 Å². The van der Waals surface area contributed by atoms with E-state index in [9.17, 15) is 9.90 Å². The predicted octanol–water partition coefficient (Wildman–Crippen LogP) is 4.71. The van der Waals surface area contributed by atoms with E-state index in [1.165, 1.54) is 5.56 Å². The second-order valence-corrected chi connectivity index (χ2v) is 12.9. The fourth-order valence-corrected chi connectivity index (χ4v) is 6.88. The average Bonchev–Trinajstić information content (AvgIpc) is 3.69. The molecule has 8 nitrogen and oxygen atoms in total. The van der Waals surface area contributed by atoms with Gasteiger partial charge in [0.1, 0.15) is 11.4 Å². The van der Waals surface area contributed by atoms with E-state index in [2.05, 4.69) is 66.7 Å². The molecule has 1 saturated carbocycles. The Labute approximate surface area is 237 Å². The molecule has 3 fully saturated rings. The Kier molecular flexibility index (Phi) is 6.82. The van der Waals surface area contributed by atoms with Gasteiger partial charge < -0.3 is 14.9 Å². The summed E-state index contributed by atoms with van der Waals surface area (Å²) < 4.78 is 2.13. The van der Waals surface area contributed by atoms with Crippen molar-refractivity contribution < 1.29 is 9.90 Å². The van der Waals surface area contributed by atoms with Crippen molar-refractivity contribution in [2.45, 2.75) is 76.9 Å². The van der Waals surface area contributed by atoms with Gasteiger partial charge in [0, 0.05) is 68.0 Å². The van der Waals surface area contributed by atoms with Crippen LogP contribution in [0.4, 0.5) is 0 Å². The molecule has 4 heterocycles. The molecule has 1 amide bonds. The summed E-state index contributed by atoms with van der Waals surface area (Å²) >= 11 is 0. The summed E-state index contributed by atoms with van der Waals surface area (Å²) in [6.07, 6.45) is 7.67. The minimum absolute atomic E-state index is 0.142. The Morgan fingerprint density at radius 3 is 2.30 bits per heavy atom. The number of aromatic nitrogens is 4. The Bertz CT molecular complexity index is 1380. The number of amides is 1. The molecular formula is C32H42N6O2. The van der Waals surface area contributed by atoms with Crippen molar-refractivity contribution in [3.63, 3.8) is 0 Å². The predicted molar refractivity (Wildman–Crippen MR) is 155 cm³/mol. The number of aliphatic hydroxyl groups is 1. The zero-order chi connectivity index (χ0) is 28.2. The highest BCUT2D eigenvalue weighted by Gasteiger charge is 2.55. The fraction of sp³-hybridized carbons (Fsp3) is 0.562. The minimum Gasteiger partial charge on any atom is -0.380 e. The quantitative estimate of drug-likeness (QED) is 0.465. The van der Waals surface area contributed by atoms with Gasteiger partial charge in [-0.2, -0.15) is 5.10 Å². The first kappa shape index (κ1) is 27.1. The molecule has 0 unspecified atom stereocenters. The van der Waals surface area contributed by atoms with Crippen LogP contribution in [0.3, 0.4) is 0 Å². The second kappa shape index (κ2) is 10.1. The van der Waals surface area contributed by atoms with Crippen LogP contribution in [0, 0.1) is 5.41 Å². The fourth-order valence-electron chi connectivity index (χ4n) is 6.88. The molecule has 1 atom stereocenters. The molecule has 0 spiro atoms. The number of carbonyl (C=O) groups excluding carboxylic acids is 1. The van der Waals surface area contributed by atoms with E-state index in [0.29, 0.717) is 17.8 Å². The third kappa shape index (κ3) is 4.65. The van der Waals surface area contributed by atoms with Gasteiger partial charge in [-0.15, -0.1) is 0 Å². The van der Waals surface area contributed by atoms with Crippen molar-refractivity contribution in [3.05, 3.63) is 65.2 Å². The summed E-state index contributed by atoms with van der Waals surface area (Å²) in [5, 5.41) is 17.6. The molecule has 2 aliphatic heterocycles. The SMILES string of the molecule is CC(=O)N1CCC(c2nc(-c3cncc([C@@](O)(c4ccc(C(C)C)cc4)C4(C)CN(C)C4)c3)nn2C2CC2)CC1. The van der Waals surface area contributed by atoms with Gasteiger partial charge in [0.25, 0.3) is 0 Å². The van der Waals surface area contributed by atoms with Gasteiger partial charge in [-0.3, -0.25) is 9.78 Å². The molecule has 3 aromatic rings. The van der Waals surface area contributed by atoms with E-state index < -0.39 is 5.60 Å². The van der Waals surface area contributed by atoms with Crippen molar-refractivity contribution >= 4 is 5.91 Å².